The first-order chi connectivity index (χ1) is 10.1. The van der Waals surface area contributed by atoms with Gasteiger partial charge in [-0.2, -0.15) is 0 Å². The van der Waals surface area contributed by atoms with Crippen LogP contribution in [0.2, 0.25) is 5.02 Å². The molecule has 1 aromatic heterocycles. The molecule has 1 aliphatic heterocycles. The third kappa shape index (κ3) is 3.00. The molecule has 0 N–H and O–H groups in total. The van der Waals surface area contributed by atoms with E-state index in [1.807, 2.05) is 24.3 Å². The van der Waals surface area contributed by atoms with Crippen LogP contribution < -0.4 is 4.90 Å². The Morgan fingerprint density at radius 3 is 2.67 bits per heavy atom. The summed E-state index contributed by atoms with van der Waals surface area (Å²) in [7, 11) is 0. The van der Waals surface area contributed by atoms with Crippen molar-refractivity contribution in [3.63, 3.8) is 0 Å². The van der Waals surface area contributed by atoms with E-state index in [1.165, 1.54) is 16.7 Å². The molecule has 1 aromatic carbocycles. The highest BCUT2D eigenvalue weighted by Gasteiger charge is 2.33. The summed E-state index contributed by atoms with van der Waals surface area (Å²) in [6, 6.07) is 10.9. The molecule has 0 aliphatic carbocycles. The molecule has 104 valence electrons. The van der Waals surface area contributed by atoms with Gasteiger partial charge in [-0.25, -0.2) is 0 Å². The Labute approximate surface area is 136 Å². The second kappa shape index (κ2) is 5.97. The molecule has 3 nitrogen and oxygen atoms in total. The van der Waals surface area contributed by atoms with Gasteiger partial charge in [0.1, 0.15) is 0 Å². The van der Waals surface area contributed by atoms with Crippen LogP contribution in [-0.4, -0.2) is 15.2 Å². The fraction of sp³-hybridized carbons (Fsp3) is 0. The quantitative estimate of drug-likeness (QED) is 0.611. The van der Waals surface area contributed by atoms with Crippen LogP contribution in [0, 0.1) is 0 Å². The number of anilines is 1. The van der Waals surface area contributed by atoms with E-state index in [9.17, 15) is 4.79 Å². The second-order valence-electron chi connectivity index (χ2n) is 4.28. The van der Waals surface area contributed by atoms with Crippen LogP contribution in [0.3, 0.4) is 0 Å². The number of hydrogen-bond donors (Lipinski definition) is 0. The van der Waals surface area contributed by atoms with Gasteiger partial charge in [0, 0.05) is 11.2 Å². The second-order valence-corrected chi connectivity index (χ2v) is 6.39. The molecule has 0 radical (unpaired) electrons. The molecule has 0 saturated carbocycles. The third-order valence-electron chi connectivity index (χ3n) is 2.87. The van der Waals surface area contributed by atoms with Crippen molar-refractivity contribution in [1.82, 2.24) is 4.98 Å². The number of rotatable bonds is 2. The molecule has 1 amide bonds. The highest BCUT2D eigenvalue weighted by molar-refractivity contribution is 8.27. The number of hydrogen-bond acceptors (Lipinski definition) is 4. The average Bonchev–Trinajstić information content (AvgIpc) is 2.77. The van der Waals surface area contributed by atoms with Gasteiger partial charge in [0.25, 0.3) is 5.91 Å². The topological polar surface area (TPSA) is 33.2 Å². The van der Waals surface area contributed by atoms with Gasteiger partial charge in [-0.15, -0.1) is 0 Å². The van der Waals surface area contributed by atoms with Crippen molar-refractivity contribution in [2.45, 2.75) is 0 Å². The molecule has 1 fully saturated rings. The van der Waals surface area contributed by atoms with Crippen LogP contribution in [-0.2, 0) is 4.79 Å². The maximum absolute atomic E-state index is 12.5. The molecule has 0 unspecified atom stereocenters. The molecule has 6 heteroatoms. The van der Waals surface area contributed by atoms with E-state index in [0.29, 0.717) is 19.9 Å². The first kappa shape index (κ1) is 14.3. The van der Waals surface area contributed by atoms with Crippen LogP contribution >= 0.6 is 35.6 Å². The number of thioether (sulfide) groups is 1. The Bertz CT molecular complexity index is 729. The van der Waals surface area contributed by atoms with Crippen LogP contribution in [0.5, 0.6) is 0 Å². The molecule has 1 saturated heterocycles. The summed E-state index contributed by atoms with van der Waals surface area (Å²) in [5.41, 5.74) is 1.59. The Morgan fingerprint density at radius 2 is 2.00 bits per heavy atom. The van der Waals surface area contributed by atoms with Crippen LogP contribution in [0.1, 0.15) is 5.56 Å². The minimum absolute atomic E-state index is 0.132. The number of thiocarbonyl (C=S) groups is 1. The van der Waals surface area contributed by atoms with Crippen molar-refractivity contribution >= 4 is 57.6 Å². The fourth-order valence-electron chi connectivity index (χ4n) is 1.89. The molecule has 3 rings (SSSR count). The fourth-order valence-corrected chi connectivity index (χ4v) is 3.31. The zero-order valence-corrected chi connectivity index (χ0v) is 13.1. The SMILES string of the molecule is O=C1/C(=C/c2ccc(Cl)cc2)SC(=S)N1c1cccnc1. The van der Waals surface area contributed by atoms with Gasteiger partial charge < -0.3 is 0 Å². The highest BCUT2D eigenvalue weighted by atomic mass is 35.5. The molecule has 21 heavy (non-hydrogen) atoms. The number of carbonyl (C=O) groups excluding carboxylic acids is 1. The standard InChI is InChI=1S/C15H9ClN2OS2/c16-11-5-3-10(4-6-11)8-13-14(19)18(15(20)21-13)12-2-1-7-17-9-12/h1-9H/b13-8-. The van der Waals surface area contributed by atoms with E-state index < -0.39 is 0 Å². The van der Waals surface area contributed by atoms with E-state index >= 15 is 0 Å². The van der Waals surface area contributed by atoms with E-state index in [1.54, 1.807) is 30.6 Å². The summed E-state index contributed by atoms with van der Waals surface area (Å²) < 4.78 is 0.508. The molecule has 2 aromatic rings. The van der Waals surface area contributed by atoms with Gasteiger partial charge in [-0.3, -0.25) is 14.7 Å². The first-order valence-electron chi connectivity index (χ1n) is 6.09. The molecule has 0 atom stereocenters. The Kier molecular flexibility index (Phi) is 4.05. The number of pyridine rings is 1. The van der Waals surface area contributed by atoms with Gasteiger partial charge in [0.15, 0.2) is 4.32 Å². The minimum atomic E-state index is -0.132. The Morgan fingerprint density at radius 1 is 1.24 bits per heavy atom. The monoisotopic (exact) mass is 332 g/mol. The van der Waals surface area contributed by atoms with Crippen molar-refractivity contribution in [2.24, 2.45) is 0 Å². The number of nitrogens with zero attached hydrogens (tertiary/aromatic N) is 2. The van der Waals surface area contributed by atoms with Gasteiger partial charge >= 0.3 is 0 Å². The summed E-state index contributed by atoms with van der Waals surface area (Å²) in [5, 5.41) is 0.662. The number of amides is 1. The number of benzene rings is 1. The van der Waals surface area contributed by atoms with E-state index in [4.69, 9.17) is 23.8 Å². The van der Waals surface area contributed by atoms with E-state index in [0.717, 1.165) is 5.56 Å². The molecule has 2 heterocycles. The van der Waals surface area contributed by atoms with Crippen LogP contribution in [0.25, 0.3) is 6.08 Å². The minimum Gasteiger partial charge on any atom is -0.268 e. The van der Waals surface area contributed by atoms with Crippen molar-refractivity contribution in [1.29, 1.82) is 0 Å². The lowest BCUT2D eigenvalue weighted by Gasteiger charge is -2.13. The van der Waals surface area contributed by atoms with E-state index in [2.05, 4.69) is 4.98 Å². The normalized spacial score (nSPS) is 16.8. The zero-order chi connectivity index (χ0) is 14.8. The Hall–Kier alpha value is -1.69. The van der Waals surface area contributed by atoms with Gasteiger partial charge in [0.05, 0.1) is 16.8 Å². The van der Waals surface area contributed by atoms with Gasteiger partial charge in [-0.1, -0.05) is 47.7 Å². The third-order valence-corrected chi connectivity index (χ3v) is 4.42. The van der Waals surface area contributed by atoms with Crippen molar-refractivity contribution in [3.8, 4) is 0 Å². The molecule has 0 bridgehead atoms. The molecular weight excluding hydrogens is 324 g/mol. The van der Waals surface area contributed by atoms with Crippen molar-refractivity contribution in [3.05, 3.63) is 64.3 Å². The lowest BCUT2D eigenvalue weighted by atomic mass is 10.2. The van der Waals surface area contributed by atoms with Gasteiger partial charge in [0.2, 0.25) is 0 Å². The first-order valence-corrected chi connectivity index (χ1v) is 7.69. The maximum Gasteiger partial charge on any atom is 0.270 e. The number of carbonyl (C=O) groups is 1. The van der Waals surface area contributed by atoms with Crippen molar-refractivity contribution in [2.75, 3.05) is 4.90 Å². The average molecular weight is 333 g/mol. The summed E-state index contributed by atoms with van der Waals surface area (Å²) in [6.07, 6.45) is 5.09. The predicted molar refractivity (Wildman–Crippen MR) is 91.3 cm³/mol. The summed E-state index contributed by atoms with van der Waals surface area (Å²) in [5.74, 6) is -0.132. The summed E-state index contributed by atoms with van der Waals surface area (Å²) >= 11 is 12.4. The zero-order valence-electron chi connectivity index (χ0n) is 10.7. The predicted octanol–water partition coefficient (Wildman–Crippen LogP) is 4.14. The Balaban J connectivity index is 1.92. The van der Waals surface area contributed by atoms with Crippen LogP contribution in [0.4, 0.5) is 5.69 Å². The lowest BCUT2D eigenvalue weighted by molar-refractivity contribution is -0.113. The lowest BCUT2D eigenvalue weighted by Crippen LogP contribution is -2.27. The van der Waals surface area contributed by atoms with Crippen molar-refractivity contribution < 1.29 is 4.79 Å². The van der Waals surface area contributed by atoms with Gasteiger partial charge in [-0.05, 0) is 35.9 Å². The number of aromatic nitrogens is 1. The molecule has 0 spiro atoms. The van der Waals surface area contributed by atoms with E-state index in [-0.39, 0.29) is 5.91 Å². The summed E-state index contributed by atoms with van der Waals surface area (Å²) in [6.45, 7) is 0. The number of halogens is 1. The summed E-state index contributed by atoms with van der Waals surface area (Å²) in [4.78, 5) is 18.6. The molecule has 1 aliphatic rings. The maximum atomic E-state index is 12.5. The molecular formula is C15H9ClN2OS2. The largest absolute Gasteiger partial charge is 0.270 e. The van der Waals surface area contributed by atoms with Crippen LogP contribution in [0.15, 0.2) is 53.7 Å². The highest BCUT2D eigenvalue weighted by Crippen LogP contribution is 2.35. The smallest absolute Gasteiger partial charge is 0.268 e.